The minimum atomic E-state index is -2.01. The van der Waals surface area contributed by atoms with Crippen LogP contribution in [0, 0.1) is 0 Å². The number of hydrogen-bond donors (Lipinski definition) is 1. The minimum absolute atomic E-state index is 0.650. The first-order valence-corrected chi connectivity index (χ1v) is 2.70. The summed E-state index contributed by atoms with van der Waals surface area (Å²) in [5.41, 5.74) is -2.01. The maximum atomic E-state index is 10.4. The summed E-state index contributed by atoms with van der Waals surface area (Å²) in [5.74, 6) is -0.650. The molecule has 0 saturated heterocycles. The van der Waals surface area contributed by atoms with Crippen LogP contribution in [-0.2, 0) is 9.59 Å². The molecule has 3 nitrogen and oxygen atoms in total. The first-order chi connectivity index (χ1) is 3.89. The maximum Gasteiger partial charge on any atom is 0.260 e. The molecule has 52 valence electrons. The Morgan fingerprint density at radius 3 is 1.89 bits per heavy atom. The van der Waals surface area contributed by atoms with Crippen molar-refractivity contribution in [1.29, 1.82) is 0 Å². The molecule has 0 aromatic carbocycles. The summed E-state index contributed by atoms with van der Waals surface area (Å²) in [7, 11) is 0. The first-order valence-electron chi connectivity index (χ1n) is 2.32. The lowest BCUT2D eigenvalue weighted by atomic mass is 10.1. The highest BCUT2D eigenvalue weighted by molar-refractivity contribution is 6.67. The summed E-state index contributed by atoms with van der Waals surface area (Å²) in [6.45, 7) is 2.16. The highest BCUT2D eigenvalue weighted by Gasteiger charge is 2.33. The molecule has 0 fully saturated rings. The molecule has 0 radical (unpaired) electrons. The Balaban J connectivity index is 4.38. The molecule has 0 rings (SSSR count). The Morgan fingerprint density at radius 1 is 1.56 bits per heavy atom. The zero-order valence-electron chi connectivity index (χ0n) is 5.14. The predicted octanol–water partition coefficient (Wildman–Crippen LogP) is 0.0918. The van der Waals surface area contributed by atoms with E-state index in [4.69, 9.17) is 16.7 Å². The molecule has 0 saturated carbocycles. The molecule has 4 heteroatoms. The summed E-state index contributed by atoms with van der Waals surface area (Å²) in [4.78, 5) is 20.6. The molecule has 1 N–H and O–H groups in total. The fraction of sp³-hybridized carbons (Fsp3) is 0.600. The second-order valence-electron chi connectivity index (χ2n) is 1.90. The Bertz CT molecular complexity index is 134. The Labute approximate surface area is 57.6 Å². The van der Waals surface area contributed by atoms with E-state index in [1.807, 2.05) is 0 Å². The van der Waals surface area contributed by atoms with E-state index in [2.05, 4.69) is 0 Å². The van der Waals surface area contributed by atoms with E-state index in [0.717, 1.165) is 13.8 Å². The third kappa shape index (κ3) is 1.77. The van der Waals surface area contributed by atoms with Gasteiger partial charge in [0.2, 0.25) is 0 Å². The van der Waals surface area contributed by atoms with Gasteiger partial charge in [-0.2, -0.15) is 0 Å². The largest absolute Gasteiger partial charge is 0.374 e. The minimum Gasteiger partial charge on any atom is -0.374 e. The van der Waals surface area contributed by atoms with Gasteiger partial charge in [0.25, 0.3) is 5.24 Å². The van der Waals surface area contributed by atoms with Crippen molar-refractivity contribution < 1.29 is 14.7 Å². The number of carbonyl (C=O) groups excluding carboxylic acids is 2. The zero-order chi connectivity index (χ0) is 7.65. The highest BCUT2D eigenvalue weighted by atomic mass is 35.5. The van der Waals surface area contributed by atoms with Crippen molar-refractivity contribution in [3.63, 3.8) is 0 Å². The summed E-state index contributed by atoms with van der Waals surface area (Å²) in [6, 6.07) is 0. The Kier molecular flexibility index (Phi) is 2.34. The number of halogens is 1. The monoisotopic (exact) mass is 150 g/mol. The molecule has 0 heterocycles. The number of hydrogen-bond acceptors (Lipinski definition) is 3. The molecule has 0 bridgehead atoms. The molecule has 0 aliphatic heterocycles. The second-order valence-corrected chi connectivity index (χ2v) is 2.25. The molecule has 1 atom stereocenters. The van der Waals surface area contributed by atoms with E-state index in [1.165, 1.54) is 0 Å². The molecule has 0 aromatic heterocycles. The molecule has 0 unspecified atom stereocenters. The number of ketones is 1. The smallest absolute Gasteiger partial charge is 0.260 e. The third-order valence-corrected chi connectivity index (χ3v) is 1.44. The van der Waals surface area contributed by atoms with Gasteiger partial charge in [-0.05, 0) is 25.4 Å². The van der Waals surface area contributed by atoms with E-state index in [-0.39, 0.29) is 0 Å². The number of rotatable bonds is 2. The quantitative estimate of drug-likeness (QED) is 0.449. The van der Waals surface area contributed by atoms with Crippen molar-refractivity contribution in [2.75, 3.05) is 0 Å². The van der Waals surface area contributed by atoms with Gasteiger partial charge < -0.3 is 5.11 Å². The lowest BCUT2D eigenvalue weighted by Gasteiger charge is -2.12. The van der Waals surface area contributed by atoms with Crippen molar-refractivity contribution in [3.8, 4) is 0 Å². The van der Waals surface area contributed by atoms with Crippen molar-refractivity contribution in [1.82, 2.24) is 0 Å². The van der Waals surface area contributed by atoms with Gasteiger partial charge in [0, 0.05) is 0 Å². The average Bonchev–Trinajstić information content (AvgIpc) is 1.65. The normalized spacial score (nSPS) is 16.4. The van der Waals surface area contributed by atoms with Crippen LogP contribution in [0.4, 0.5) is 0 Å². The maximum absolute atomic E-state index is 10.4. The molecule has 0 amide bonds. The van der Waals surface area contributed by atoms with Crippen LogP contribution in [0.1, 0.15) is 13.8 Å². The number of aliphatic hydroxyl groups is 1. The van der Waals surface area contributed by atoms with E-state index in [1.54, 1.807) is 0 Å². The summed E-state index contributed by atoms with van der Waals surface area (Å²) >= 11 is 4.85. The second kappa shape index (κ2) is 2.45. The van der Waals surface area contributed by atoms with Crippen LogP contribution in [0.3, 0.4) is 0 Å². The first kappa shape index (κ1) is 8.59. The molecule has 0 spiro atoms. The molecular formula is C5H7ClO3. The van der Waals surface area contributed by atoms with E-state index in [9.17, 15) is 9.59 Å². The van der Waals surface area contributed by atoms with Crippen LogP contribution >= 0.6 is 11.6 Å². The third-order valence-electron chi connectivity index (χ3n) is 1.07. The predicted molar refractivity (Wildman–Crippen MR) is 32.2 cm³/mol. The van der Waals surface area contributed by atoms with Crippen LogP contribution < -0.4 is 0 Å². The number of carbonyl (C=O) groups is 2. The van der Waals surface area contributed by atoms with Gasteiger partial charge in [0.1, 0.15) is 0 Å². The van der Waals surface area contributed by atoms with Crippen LogP contribution in [-0.4, -0.2) is 21.7 Å². The highest BCUT2D eigenvalue weighted by Crippen LogP contribution is 2.08. The van der Waals surface area contributed by atoms with Crippen molar-refractivity contribution in [2.24, 2.45) is 0 Å². The van der Waals surface area contributed by atoms with E-state index in [0.29, 0.717) is 0 Å². The van der Waals surface area contributed by atoms with Crippen LogP contribution in [0.5, 0.6) is 0 Å². The SMILES string of the molecule is CC(=O)[C@](C)(O)C(=O)Cl. The van der Waals surface area contributed by atoms with Gasteiger partial charge in [-0.1, -0.05) is 0 Å². The summed E-state index contributed by atoms with van der Waals surface area (Å²) in [5, 5.41) is 7.79. The van der Waals surface area contributed by atoms with Gasteiger partial charge in [-0.3, -0.25) is 9.59 Å². The molecule has 0 aromatic rings. The Morgan fingerprint density at radius 2 is 1.89 bits per heavy atom. The number of Topliss-reactive ketones (excluding diaryl/α,β-unsaturated/α-hetero) is 1. The van der Waals surface area contributed by atoms with Crippen molar-refractivity contribution in [2.45, 2.75) is 19.4 Å². The van der Waals surface area contributed by atoms with E-state index >= 15 is 0 Å². The van der Waals surface area contributed by atoms with Crippen LogP contribution in [0.25, 0.3) is 0 Å². The van der Waals surface area contributed by atoms with Crippen LogP contribution in [0.15, 0.2) is 0 Å². The van der Waals surface area contributed by atoms with E-state index < -0.39 is 16.6 Å². The molecule has 0 aliphatic carbocycles. The Hall–Kier alpha value is -0.410. The molecular weight excluding hydrogens is 144 g/mol. The topological polar surface area (TPSA) is 54.4 Å². The van der Waals surface area contributed by atoms with Gasteiger partial charge in [0.05, 0.1) is 0 Å². The summed E-state index contributed by atoms with van der Waals surface area (Å²) in [6.07, 6.45) is 0. The van der Waals surface area contributed by atoms with Gasteiger partial charge in [0.15, 0.2) is 11.4 Å². The van der Waals surface area contributed by atoms with Gasteiger partial charge >= 0.3 is 0 Å². The average molecular weight is 151 g/mol. The fourth-order valence-electron chi connectivity index (χ4n) is 0.138. The lowest BCUT2D eigenvalue weighted by molar-refractivity contribution is -0.142. The van der Waals surface area contributed by atoms with Gasteiger partial charge in [-0.25, -0.2) is 0 Å². The molecule has 0 aliphatic rings. The zero-order valence-corrected chi connectivity index (χ0v) is 5.90. The van der Waals surface area contributed by atoms with Crippen molar-refractivity contribution in [3.05, 3.63) is 0 Å². The molecule has 9 heavy (non-hydrogen) atoms. The van der Waals surface area contributed by atoms with Gasteiger partial charge in [-0.15, -0.1) is 0 Å². The fourth-order valence-corrected chi connectivity index (χ4v) is 0.271. The van der Waals surface area contributed by atoms with Crippen LogP contribution in [0.2, 0.25) is 0 Å². The summed E-state index contributed by atoms with van der Waals surface area (Å²) < 4.78 is 0. The lowest BCUT2D eigenvalue weighted by Crippen LogP contribution is -2.39. The van der Waals surface area contributed by atoms with Crippen molar-refractivity contribution >= 4 is 22.6 Å². The standard InChI is InChI=1S/C5H7ClO3/c1-3(7)5(2,9)4(6)8/h9H,1-2H3/t5-/m0/s1.